The fourth-order valence-electron chi connectivity index (χ4n) is 3.12. The van der Waals surface area contributed by atoms with Crippen LogP contribution in [0.4, 0.5) is 0 Å². The van der Waals surface area contributed by atoms with Gasteiger partial charge in [0, 0.05) is 11.5 Å². The monoisotopic (exact) mass is 242 g/mol. The Balaban J connectivity index is 2.17. The molecule has 2 nitrogen and oxygen atoms in total. The molecule has 2 atom stereocenters. The van der Waals surface area contributed by atoms with Gasteiger partial charge in [0.15, 0.2) is 0 Å². The van der Waals surface area contributed by atoms with Crippen molar-refractivity contribution in [3.05, 3.63) is 42.0 Å². The van der Waals surface area contributed by atoms with Crippen LogP contribution in [-0.4, -0.2) is 16.3 Å². The maximum Gasteiger partial charge on any atom is 0.119 e. The minimum Gasteiger partial charge on any atom is -0.508 e. The summed E-state index contributed by atoms with van der Waals surface area (Å²) in [6.07, 6.45) is 3.69. The Kier molecular flexibility index (Phi) is 2.96. The highest BCUT2D eigenvalue weighted by molar-refractivity contribution is 5.88. The van der Waals surface area contributed by atoms with Crippen LogP contribution in [0.3, 0.4) is 0 Å². The lowest BCUT2D eigenvalue weighted by molar-refractivity contribution is 0.105. The number of aliphatic hydroxyl groups is 1. The Morgan fingerprint density at radius 1 is 0.944 bits per heavy atom. The molecule has 0 heterocycles. The van der Waals surface area contributed by atoms with Crippen molar-refractivity contribution >= 4 is 10.8 Å². The quantitative estimate of drug-likeness (QED) is 0.802. The molecule has 2 heteroatoms. The zero-order chi connectivity index (χ0) is 12.5. The number of fused-ring (bicyclic) bond motifs is 1. The van der Waals surface area contributed by atoms with E-state index in [1.54, 1.807) is 6.07 Å². The van der Waals surface area contributed by atoms with E-state index in [1.807, 2.05) is 30.3 Å². The third-order valence-corrected chi connectivity index (χ3v) is 4.05. The van der Waals surface area contributed by atoms with Crippen molar-refractivity contribution < 1.29 is 10.2 Å². The molecule has 0 amide bonds. The summed E-state index contributed by atoms with van der Waals surface area (Å²) in [5.74, 6) is 0.393. The second-order valence-corrected chi connectivity index (χ2v) is 5.18. The van der Waals surface area contributed by atoms with Gasteiger partial charge in [0.05, 0.1) is 6.10 Å². The Morgan fingerprint density at radius 3 is 2.56 bits per heavy atom. The fraction of sp³-hybridized carbons (Fsp3) is 0.375. The van der Waals surface area contributed by atoms with Crippen molar-refractivity contribution in [1.82, 2.24) is 0 Å². The second kappa shape index (κ2) is 4.62. The second-order valence-electron chi connectivity index (χ2n) is 5.18. The maximum absolute atomic E-state index is 10.2. The van der Waals surface area contributed by atoms with Gasteiger partial charge in [0.25, 0.3) is 0 Å². The van der Waals surface area contributed by atoms with Gasteiger partial charge in [-0.05, 0) is 29.7 Å². The molecule has 0 bridgehead atoms. The van der Waals surface area contributed by atoms with Gasteiger partial charge in [-0.25, -0.2) is 0 Å². The highest BCUT2D eigenvalue weighted by atomic mass is 16.3. The zero-order valence-electron chi connectivity index (χ0n) is 10.3. The summed E-state index contributed by atoms with van der Waals surface area (Å²) in [5, 5.41) is 22.6. The molecule has 2 aromatic carbocycles. The molecule has 0 saturated heterocycles. The van der Waals surface area contributed by atoms with Crippen LogP contribution in [0.2, 0.25) is 0 Å². The average Bonchev–Trinajstić information content (AvgIpc) is 2.40. The minimum atomic E-state index is -0.324. The lowest BCUT2D eigenvalue weighted by Crippen LogP contribution is -2.22. The third kappa shape index (κ3) is 1.87. The summed E-state index contributed by atoms with van der Waals surface area (Å²) >= 11 is 0. The molecular formula is C16H18O2. The predicted molar refractivity (Wildman–Crippen MR) is 72.8 cm³/mol. The van der Waals surface area contributed by atoms with Gasteiger partial charge in [-0.2, -0.15) is 0 Å². The van der Waals surface area contributed by atoms with Crippen LogP contribution in [0.5, 0.6) is 5.75 Å². The first-order valence-electron chi connectivity index (χ1n) is 6.66. The summed E-state index contributed by atoms with van der Waals surface area (Å²) in [4.78, 5) is 0. The number of phenolic OH excluding ortho intramolecular Hbond substituents is 1. The smallest absolute Gasteiger partial charge is 0.119 e. The summed E-state index contributed by atoms with van der Waals surface area (Å²) in [6.45, 7) is 0. The van der Waals surface area contributed by atoms with E-state index >= 15 is 0 Å². The van der Waals surface area contributed by atoms with E-state index in [0.717, 1.165) is 42.0 Å². The molecule has 94 valence electrons. The molecule has 2 aromatic rings. The first-order chi connectivity index (χ1) is 8.77. The number of aromatic hydroxyl groups is 1. The number of hydrogen-bond donors (Lipinski definition) is 2. The van der Waals surface area contributed by atoms with Crippen molar-refractivity contribution in [3.63, 3.8) is 0 Å². The van der Waals surface area contributed by atoms with Crippen LogP contribution in [0.15, 0.2) is 36.4 Å². The van der Waals surface area contributed by atoms with E-state index in [2.05, 4.69) is 0 Å². The molecule has 2 unspecified atom stereocenters. The summed E-state index contributed by atoms with van der Waals surface area (Å²) in [6, 6.07) is 11.8. The lowest BCUT2D eigenvalue weighted by Gasteiger charge is -2.29. The van der Waals surface area contributed by atoms with E-state index in [0.29, 0.717) is 5.75 Å². The topological polar surface area (TPSA) is 40.5 Å². The SMILES string of the molecule is Oc1ccc2ccccc2c1C1CCCCC1O. The Bertz CT molecular complexity index is 562. The van der Waals surface area contributed by atoms with E-state index in [1.165, 1.54) is 0 Å². The van der Waals surface area contributed by atoms with Gasteiger partial charge in [-0.3, -0.25) is 0 Å². The zero-order valence-corrected chi connectivity index (χ0v) is 10.3. The average molecular weight is 242 g/mol. The van der Waals surface area contributed by atoms with Crippen molar-refractivity contribution in [2.75, 3.05) is 0 Å². The maximum atomic E-state index is 10.2. The van der Waals surface area contributed by atoms with Gasteiger partial charge in [0.1, 0.15) is 5.75 Å². The Labute approximate surface area is 107 Å². The molecule has 1 aliphatic carbocycles. The van der Waals surface area contributed by atoms with Crippen molar-refractivity contribution in [3.8, 4) is 5.75 Å². The summed E-state index contributed by atoms with van der Waals surface area (Å²) < 4.78 is 0. The molecule has 18 heavy (non-hydrogen) atoms. The van der Waals surface area contributed by atoms with E-state index < -0.39 is 0 Å². The van der Waals surface area contributed by atoms with E-state index in [9.17, 15) is 10.2 Å². The van der Waals surface area contributed by atoms with Gasteiger partial charge in [0.2, 0.25) is 0 Å². The van der Waals surface area contributed by atoms with Crippen LogP contribution >= 0.6 is 0 Å². The molecule has 1 saturated carbocycles. The van der Waals surface area contributed by atoms with Crippen LogP contribution in [0.1, 0.15) is 37.2 Å². The number of phenols is 1. The Hall–Kier alpha value is -1.54. The number of benzene rings is 2. The molecular weight excluding hydrogens is 224 g/mol. The predicted octanol–water partition coefficient (Wildman–Crippen LogP) is 3.56. The Morgan fingerprint density at radius 2 is 1.72 bits per heavy atom. The van der Waals surface area contributed by atoms with Gasteiger partial charge >= 0.3 is 0 Å². The standard InChI is InChI=1S/C16H18O2/c17-14-8-4-3-7-13(14)16-12-6-2-1-5-11(12)9-10-15(16)18/h1-2,5-6,9-10,13-14,17-18H,3-4,7-8H2. The van der Waals surface area contributed by atoms with Gasteiger partial charge in [-0.15, -0.1) is 0 Å². The van der Waals surface area contributed by atoms with E-state index in [-0.39, 0.29) is 12.0 Å². The summed E-state index contributed by atoms with van der Waals surface area (Å²) in [7, 11) is 0. The van der Waals surface area contributed by atoms with Crippen LogP contribution in [-0.2, 0) is 0 Å². The molecule has 0 spiro atoms. The molecule has 1 fully saturated rings. The van der Waals surface area contributed by atoms with Gasteiger partial charge in [-0.1, -0.05) is 43.2 Å². The van der Waals surface area contributed by atoms with Crippen LogP contribution in [0, 0.1) is 0 Å². The van der Waals surface area contributed by atoms with Crippen LogP contribution in [0.25, 0.3) is 10.8 Å². The van der Waals surface area contributed by atoms with Crippen molar-refractivity contribution in [2.45, 2.75) is 37.7 Å². The number of rotatable bonds is 1. The van der Waals surface area contributed by atoms with Crippen molar-refractivity contribution in [2.24, 2.45) is 0 Å². The molecule has 0 aliphatic heterocycles. The molecule has 3 rings (SSSR count). The number of aliphatic hydroxyl groups excluding tert-OH is 1. The van der Waals surface area contributed by atoms with Crippen LogP contribution < -0.4 is 0 Å². The third-order valence-electron chi connectivity index (χ3n) is 4.05. The minimum absolute atomic E-state index is 0.0739. The molecule has 2 N–H and O–H groups in total. The molecule has 0 radical (unpaired) electrons. The highest BCUT2D eigenvalue weighted by Gasteiger charge is 2.28. The first-order valence-corrected chi connectivity index (χ1v) is 6.66. The largest absolute Gasteiger partial charge is 0.508 e. The normalized spacial score (nSPS) is 24.3. The molecule has 1 aliphatic rings. The highest BCUT2D eigenvalue weighted by Crippen LogP contribution is 2.41. The summed E-state index contributed by atoms with van der Waals surface area (Å²) in [5.41, 5.74) is 0.931. The fourth-order valence-corrected chi connectivity index (χ4v) is 3.12. The van der Waals surface area contributed by atoms with Gasteiger partial charge < -0.3 is 10.2 Å². The van der Waals surface area contributed by atoms with E-state index in [4.69, 9.17) is 0 Å². The first kappa shape index (κ1) is 11.5. The molecule has 0 aromatic heterocycles. The number of hydrogen-bond acceptors (Lipinski definition) is 2. The lowest BCUT2D eigenvalue weighted by atomic mass is 9.79. The van der Waals surface area contributed by atoms with Crippen molar-refractivity contribution in [1.29, 1.82) is 0 Å².